The monoisotopic (exact) mass is 266 g/mol. The number of aliphatic carboxylic acids is 1. The topological polar surface area (TPSA) is 78.4 Å². The van der Waals surface area contributed by atoms with Crippen molar-refractivity contribution in [2.24, 2.45) is 0 Å². The predicted octanol–water partition coefficient (Wildman–Crippen LogP) is 1.10. The number of terminal acetylenes is 1. The first kappa shape index (κ1) is 16.1. The van der Waals surface area contributed by atoms with Crippen molar-refractivity contribution in [3.63, 3.8) is 0 Å². The van der Waals surface area contributed by atoms with Gasteiger partial charge in [-0.25, -0.2) is 9.59 Å². The van der Waals surface area contributed by atoms with Crippen LogP contribution in [0.5, 0.6) is 0 Å². The van der Waals surface area contributed by atoms with Gasteiger partial charge < -0.3 is 15.7 Å². The van der Waals surface area contributed by atoms with Gasteiger partial charge in [0.1, 0.15) is 0 Å². The van der Waals surface area contributed by atoms with Crippen molar-refractivity contribution in [2.75, 3.05) is 6.54 Å². The quantitative estimate of drug-likeness (QED) is 0.515. The van der Waals surface area contributed by atoms with Gasteiger partial charge in [0.05, 0.1) is 0 Å². The van der Waals surface area contributed by atoms with Gasteiger partial charge in [-0.15, -0.1) is 12.3 Å². The minimum Gasteiger partial charge on any atom is -0.479 e. The van der Waals surface area contributed by atoms with Crippen LogP contribution in [0.15, 0.2) is 0 Å². The highest BCUT2D eigenvalue weighted by atomic mass is 19.4. The van der Waals surface area contributed by atoms with Crippen LogP contribution in [0.3, 0.4) is 0 Å². The van der Waals surface area contributed by atoms with E-state index in [1.807, 2.05) is 0 Å². The Hall–Kier alpha value is -1.91. The number of unbranched alkanes of at least 4 members (excludes halogenated alkanes) is 1. The molecule has 0 fully saturated rings. The summed E-state index contributed by atoms with van der Waals surface area (Å²) in [6, 6.07) is -1.21. The molecular formula is C10H13F3N2O3. The Bertz CT molecular complexity index is 362. The summed E-state index contributed by atoms with van der Waals surface area (Å²) in [4.78, 5) is 21.7. The van der Waals surface area contributed by atoms with Gasteiger partial charge in [0, 0.05) is 13.0 Å². The van der Waals surface area contributed by atoms with Crippen LogP contribution in [-0.2, 0) is 4.79 Å². The smallest absolute Gasteiger partial charge is 0.422 e. The van der Waals surface area contributed by atoms with E-state index in [0.29, 0.717) is 19.8 Å². The Kier molecular flexibility index (Phi) is 5.49. The zero-order chi connectivity index (χ0) is 14.4. The molecule has 8 heteroatoms. The average Bonchev–Trinajstić information content (AvgIpc) is 2.22. The van der Waals surface area contributed by atoms with Crippen molar-refractivity contribution in [2.45, 2.75) is 31.5 Å². The lowest BCUT2D eigenvalue weighted by molar-refractivity contribution is -0.203. The van der Waals surface area contributed by atoms with Gasteiger partial charge in [-0.3, -0.25) is 0 Å². The van der Waals surface area contributed by atoms with Crippen LogP contribution >= 0.6 is 0 Å². The normalized spacial score (nSPS) is 14.2. The van der Waals surface area contributed by atoms with Crippen molar-refractivity contribution in [1.82, 2.24) is 10.6 Å². The molecule has 0 rings (SSSR count). The number of carbonyl (C=O) groups is 2. The van der Waals surface area contributed by atoms with E-state index in [9.17, 15) is 22.8 Å². The SMILES string of the molecule is C#CCCCNC(=O)NC(C)(C(=O)O)C(F)(F)F. The average molecular weight is 266 g/mol. The second-order valence-corrected chi connectivity index (χ2v) is 3.62. The number of hydrogen-bond acceptors (Lipinski definition) is 2. The van der Waals surface area contributed by atoms with Crippen molar-refractivity contribution < 1.29 is 27.9 Å². The van der Waals surface area contributed by atoms with Gasteiger partial charge >= 0.3 is 18.2 Å². The highest BCUT2D eigenvalue weighted by molar-refractivity contribution is 5.86. The van der Waals surface area contributed by atoms with E-state index in [1.54, 1.807) is 0 Å². The molecule has 0 aromatic carbocycles. The molecule has 2 amide bonds. The number of nitrogens with one attached hydrogen (secondary N) is 2. The molecule has 0 aliphatic heterocycles. The lowest BCUT2D eigenvalue weighted by Crippen LogP contribution is -2.63. The molecular weight excluding hydrogens is 253 g/mol. The highest BCUT2D eigenvalue weighted by Gasteiger charge is 2.58. The number of urea groups is 1. The largest absolute Gasteiger partial charge is 0.479 e. The summed E-state index contributed by atoms with van der Waals surface area (Å²) in [7, 11) is 0. The van der Waals surface area contributed by atoms with E-state index >= 15 is 0 Å². The molecule has 3 N–H and O–H groups in total. The third kappa shape index (κ3) is 4.16. The molecule has 102 valence electrons. The number of carboxylic acids is 1. The lowest BCUT2D eigenvalue weighted by Gasteiger charge is -2.28. The number of rotatable bonds is 5. The van der Waals surface area contributed by atoms with Crippen molar-refractivity contribution in [3.05, 3.63) is 0 Å². The summed E-state index contributed by atoms with van der Waals surface area (Å²) < 4.78 is 37.5. The van der Waals surface area contributed by atoms with E-state index in [0.717, 1.165) is 0 Å². The summed E-state index contributed by atoms with van der Waals surface area (Å²) in [5.41, 5.74) is -3.33. The zero-order valence-electron chi connectivity index (χ0n) is 9.60. The molecule has 0 bridgehead atoms. The summed E-state index contributed by atoms with van der Waals surface area (Å²) in [6.07, 6.45) is 0.582. The number of halogens is 3. The molecule has 0 aromatic heterocycles. The molecule has 1 unspecified atom stereocenters. The Morgan fingerprint density at radius 3 is 2.33 bits per heavy atom. The van der Waals surface area contributed by atoms with Gasteiger partial charge in [-0.2, -0.15) is 13.2 Å². The number of carboxylic acid groups (broad SMARTS) is 1. The van der Waals surface area contributed by atoms with Crippen LogP contribution in [0.1, 0.15) is 19.8 Å². The van der Waals surface area contributed by atoms with Gasteiger partial charge in [0.2, 0.25) is 5.54 Å². The second-order valence-electron chi connectivity index (χ2n) is 3.62. The molecule has 0 spiro atoms. The molecule has 0 aromatic rings. The van der Waals surface area contributed by atoms with Crippen LogP contribution in [0.4, 0.5) is 18.0 Å². The molecule has 18 heavy (non-hydrogen) atoms. The molecule has 1 atom stereocenters. The molecule has 0 heterocycles. The van der Waals surface area contributed by atoms with E-state index < -0.39 is 23.7 Å². The number of hydrogen-bond donors (Lipinski definition) is 3. The standard InChI is InChI=1S/C10H13F3N2O3/c1-3-4-5-6-14-8(18)15-9(2,7(16)17)10(11,12)13/h1H,4-6H2,2H3,(H,16,17)(H2,14,15,18). The number of alkyl halides is 3. The Morgan fingerprint density at radius 2 is 1.94 bits per heavy atom. The molecule has 0 saturated carbocycles. The first-order valence-electron chi connectivity index (χ1n) is 4.94. The van der Waals surface area contributed by atoms with E-state index in [4.69, 9.17) is 11.5 Å². The van der Waals surface area contributed by atoms with Crippen molar-refractivity contribution in [1.29, 1.82) is 0 Å². The fourth-order valence-corrected chi connectivity index (χ4v) is 0.909. The molecule has 0 aliphatic rings. The Balaban J connectivity index is 4.50. The first-order valence-corrected chi connectivity index (χ1v) is 4.94. The van der Waals surface area contributed by atoms with E-state index in [1.165, 1.54) is 5.32 Å². The Morgan fingerprint density at radius 1 is 1.39 bits per heavy atom. The van der Waals surface area contributed by atoms with Crippen LogP contribution in [0, 0.1) is 12.3 Å². The third-order valence-corrected chi connectivity index (χ3v) is 2.14. The van der Waals surface area contributed by atoms with E-state index in [2.05, 4.69) is 11.2 Å². The number of amides is 2. The highest BCUT2D eigenvalue weighted by Crippen LogP contribution is 2.30. The lowest BCUT2D eigenvalue weighted by atomic mass is 10.0. The molecule has 0 aliphatic carbocycles. The predicted molar refractivity (Wildman–Crippen MR) is 56.7 cm³/mol. The van der Waals surface area contributed by atoms with Gasteiger partial charge in [0.15, 0.2) is 0 Å². The summed E-state index contributed by atoms with van der Waals surface area (Å²) in [6.45, 7) is 0.430. The fourth-order valence-electron chi connectivity index (χ4n) is 0.909. The van der Waals surface area contributed by atoms with Crippen LogP contribution < -0.4 is 10.6 Å². The van der Waals surface area contributed by atoms with Gasteiger partial charge in [0.25, 0.3) is 0 Å². The zero-order valence-corrected chi connectivity index (χ0v) is 9.60. The van der Waals surface area contributed by atoms with Crippen LogP contribution in [0.2, 0.25) is 0 Å². The summed E-state index contributed by atoms with van der Waals surface area (Å²) >= 11 is 0. The van der Waals surface area contributed by atoms with Crippen molar-refractivity contribution >= 4 is 12.0 Å². The van der Waals surface area contributed by atoms with Crippen LogP contribution in [0.25, 0.3) is 0 Å². The molecule has 5 nitrogen and oxygen atoms in total. The minimum absolute atomic E-state index is 0.0591. The van der Waals surface area contributed by atoms with Crippen LogP contribution in [-0.4, -0.2) is 35.4 Å². The summed E-state index contributed by atoms with van der Waals surface area (Å²) in [5.74, 6) is 0.100. The fraction of sp³-hybridized carbons (Fsp3) is 0.600. The maximum atomic E-state index is 12.5. The second kappa shape index (κ2) is 6.14. The van der Waals surface area contributed by atoms with Gasteiger partial charge in [-0.05, 0) is 13.3 Å². The molecule has 0 saturated heterocycles. The maximum absolute atomic E-state index is 12.5. The van der Waals surface area contributed by atoms with E-state index in [-0.39, 0.29) is 6.54 Å². The Labute approximate surface area is 102 Å². The maximum Gasteiger partial charge on any atom is 0.422 e. The minimum atomic E-state index is -5.10. The molecule has 0 radical (unpaired) electrons. The summed E-state index contributed by atoms with van der Waals surface area (Å²) in [5, 5.41) is 12.0. The number of carbonyl (C=O) groups excluding carboxylic acids is 1. The van der Waals surface area contributed by atoms with Gasteiger partial charge in [-0.1, -0.05) is 0 Å². The third-order valence-electron chi connectivity index (χ3n) is 2.14. The first-order chi connectivity index (χ1) is 8.15. The van der Waals surface area contributed by atoms with Crippen molar-refractivity contribution in [3.8, 4) is 12.3 Å².